The molecule has 0 unspecified atom stereocenters. The Balaban J connectivity index is 1.83. The quantitative estimate of drug-likeness (QED) is 0.350. The second-order valence-corrected chi connectivity index (χ2v) is 11.2. The number of sulfonamides is 1. The summed E-state index contributed by atoms with van der Waals surface area (Å²) in [7, 11) is -4.08. The van der Waals surface area contributed by atoms with E-state index in [-0.39, 0.29) is 34.1 Å². The molecule has 0 aliphatic rings. The maximum Gasteiger partial charge on any atom is 0.245 e. The summed E-state index contributed by atoms with van der Waals surface area (Å²) in [4.78, 5) is 12.7. The molecular weight excluding hydrogens is 547 g/mol. The van der Waals surface area contributed by atoms with Crippen molar-refractivity contribution < 1.29 is 13.2 Å². The Hall–Kier alpha value is -1.90. The molecule has 1 N–H and O–H groups in total. The van der Waals surface area contributed by atoms with E-state index in [1.165, 1.54) is 18.2 Å². The number of hydrogen-bond acceptors (Lipinski definition) is 3. The van der Waals surface area contributed by atoms with Crippen molar-refractivity contribution in [3.05, 3.63) is 98.4 Å². The summed E-state index contributed by atoms with van der Waals surface area (Å²) in [5.74, 6) is -0.419. The predicted molar refractivity (Wildman–Crippen MR) is 136 cm³/mol. The number of benzene rings is 3. The average molecular weight is 570 g/mol. The molecule has 0 aromatic heterocycles. The first-order valence-corrected chi connectivity index (χ1v) is 13.2. The van der Waals surface area contributed by atoms with Gasteiger partial charge in [-0.05, 0) is 54.8 Å². The van der Waals surface area contributed by atoms with Crippen LogP contribution in [0.4, 0.5) is 0 Å². The molecule has 174 valence electrons. The SMILES string of the molecule is C[C@H](NC(=O)CN(CCc1ccccc1)S(=O)(=O)c1cc(Cl)ccc1Cl)c1cccc(Br)c1. The zero-order valence-corrected chi connectivity index (χ0v) is 21.8. The largest absolute Gasteiger partial charge is 0.348 e. The molecule has 33 heavy (non-hydrogen) atoms. The van der Waals surface area contributed by atoms with Gasteiger partial charge in [0.25, 0.3) is 0 Å². The fourth-order valence-corrected chi connectivity index (χ4v) is 5.85. The fraction of sp³-hybridized carbons (Fsp3) is 0.208. The van der Waals surface area contributed by atoms with Gasteiger partial charge in [-0.3, -0.25) is 4.79 Å². The molecule has 0 aliphatic heterocycles. The zero-order chi connectivity index (χ0) is 24.0. The average Bonchev–Trinajstić information content (AvgIpc) is 2.78. The van der Waals surface area contributed by atoms with Gasteiger partial charge in [-0.25, -0.2) is 8.42 Å². The van der Waals surface area contributed by atoms with Gasteiger partial charge in [0.05, 0.1) is 17.6 Å². The van der Waals surface area contributed by atoms with E-state index in [1.54, 1.807) is 0 Å². The Labute approximate surface area is 212 Å². The van der Waals surface area contributed by atoms with Crippen LogP contribution in [0.3, 0.4) is 0 Å². The highest BCUT2D eigenvalue weighted by Gasteiger charge is 2.29. The number of carbonyl (C=O) groups excluding carboxylic acids is 1. The fourth-order valence-electron chi connectivity index (χ4n) is 3.30. The number of nitrogens with one attached hydrogen (secondary N) is 1. The second kappa shape index (κ2) is 11.5. The number of nitrogens with zero attached hydrogens (tertiary/aromatic N) is 1. The molecule has 9 heteroatoms. The van der Waals surface area contributed by atoms with Crippen molar-refractivity contribution in [3.63, 3.8) is 0 Å². The molecule has 0 radical (unpaired) electrons. The van der Waals surface area contributed by atoms with Crippen LogP contribution in [-0.2, 0) is 21.2 Å². The summed E-state index contributed by atoms with van der Waals surface area (Å²) >= 11 is 15.6. The summed E-state index contributed by atoms with van der Waals surface area (Å²) in [6, 6.07) is 21.0. The summed E-state index contributed by atoms with van der Waals surface area (Å²) in [6.45, 7) is 1.60. The van der Waals surface area contributed by atoms with Crippen LogP contribution in [-0.4, -0.2) is 31.7 Å². The van der Waals surface area contributed by atoms with Gasteiger partial charge in [0.1, 0.15) is 4.90 Å². The molecule has 0 aliphatic carbocycles. The molecule has 3 aromatic rings. The molecule has 0 saturated heterocycles. The van der Waals surface area contributed by atoms with Gasteiger partial charge in [0.2, 0.25) is 15.9 Å². The Kier molecular flexibility index (Phi) is 8.95. The van der Waals surface area contributed by atoms with Gasteiger partial charge in [0.15, 0.2) is 0 Å². The number of amides is 1. The maximum atomic E-state index is 13.5. The molecule has 0 heterocycles. The van der Waals surface area contributed by atoms with E-state index in [0.29, 0.717) is 6.42 Å². The van der Waals surface area contributed by atoms with Gasteiger partial charge in [0, 0.05) is 16.0 Å². The molecule has 1 atom stereocenters. The predicted octanol–water partition coefficient (Wildman–Crippen LogP) is 5.87. The third-order valence-electron chi connectivity index (χ3n) is 5.05. The third kappa shape index (κ3) is 7.04. The maximum absolute atomic E-state index is 13.5. The number of halogens is 3. The summed E-state index contributed by atoms with van der Waals surface area (Å²) < 4.78 is 29.0. The van der Waals surface area contributed by atoms with E-state index in [4.69, 9.17) is 23.2 Å². The smallest absolute Gasteiger partial charge is 0.245 e. The van der Waals surface area contributed by atoms with Crippen LogP contribution >= 0.6 is 39.1 Å². The van der Waals surface area contributed by atoms with E-state index in [1.807, 2.05) is 61.5 Å². The third-order valence-corrected chi connectivity index (χ3v) is 8.10. The summed E-state index contributed by atoms with van der Waals surface area (Å²) in [6.07, 6.45) is 0.437. The van der Waals surface area contributed by atoms with Crippen LogP contribution in [0.1, 0.15) is 24.1 Å². The molecule has 0 fully saturated rings. The highest BCUT2D eigenvalue weighted by Crippen LogP contribution is 2.28. The highest BCUT2D eigenvalue weighted by molar-refractivity contribution is 9.10. The van der Waals surface area contributed by atoms with Gasteiger partial charge >= 0.3 is 0 Å². The highest BCUT2D eigenvalue weighted by atomic mass is 79.9. The van der Waals surface area contributed by atoms with Crippen molar-refractivity contribution in [2.45, 2.75) is 24.3 Å². The molecule has 0 spiro atoms. The first-order chi connectivity index (χ1) is 15.7. The molecule has 0 saturated carbocycles. The first kappa shape index (κ1) is 25.7. The van der Waals surface area contributed by atoms with Crippen molar-refractivity contribution in [1.82, 2.24) is 9.62 Å². The second-order valence-electron chi connectivity index (χ2n) is 7.49. The lowest BCUT2D eigenvalue weighted by atomic mass is 10.1. The Bertz CT molecular complexity index is 1220. The van der Waals surface area contributed by atoms with E-state index >= 15 is 0 Å². The van der Waals surface area contributed by atoms with Crippen LogP contribution in [0.25, 0.3) is 0 Å². The van der Waals surface area contributed by atoms with Crippen molar-refractivity contribution in [1.29, 1.82) is 0 Å². The number of carbonyl (C=O) groups is 1. The van der Waals surface area contributed by atoms with Crippen molar-refractivity contribution in [3.8, 4) is 0 Å². The molecule has 1 amide bonds. The Morgan fingerprint density at radius 1 is 1.03 bits per heavy atom. The molecule has 5 nitrogen and oxygen atoms in total. The summed E-state index contributed by atoms with van der Waals surface area (Å²) in [5, 5.41) is 3.17. The minimum Gasteiger partial charge on any atom is -0.348 e. The number of rotatable bonds is 9. The van der Waals surface area contributed by atoms with E-state index < -0.39 is 15.9 Å². The molecule has 3 rings (SSSR count). The normalized spacial score (nSPS) is 12.5. The minimum atomic E-state index is -4.08. The topological polar surface area (TPSA) is 66.5 Å². The van der Waals surface area contributed by atoms with Gasteiger partial charge in [-0.15, -0.1) is 0 Å². The van der Waals surface area contributed by atoms with Crippen molar-refractivity contribution in [2.24, 2.45) is 0 Å². The summed E-state index contributed by atoms with van der Waals surface area (Å²) in [5.41, 5.74) is 1.85. The van der Waals surface area contributed by atoms with Gasteiger partial charge < -0.3 is 5.32 Å². The van der Waals surface area contributed by atoms with Crippen LogP contribution in [0.2, 0.25) is 10.0 Å². The van der Waals surface area contributed by atoms with Gasteiger partial charge in [-0.1, -0.05) is 81.6 Å². The van der Waals surface area contributed by atoms with Crippen LogP contribution in [0.15, 0.2) is 82.2 Å². The monoisotopic (exact) mass is 568 g/mol. The zero-order valence-electron chi connectivity index (χ0n) is 17.8. The lowest BCUT2D eigenvalue weighted by molar-refractivity contribution is -0.121. The lowest BCUT2D eigenvalue weighted by Crippen LogP contribution is -2.42. The van der Waals surface area contributed by atoms with Crippen LogP contribution in [0.5, 0.6) is 0 Å². The van der Waals surface area contributed by atoms with Crippen molar-refractivity contribution >= 4 is 55.1 Å². The van der Waals surface area contributed by atoms with Crippen LogP contribution < -0.4 is 5.32 Å². The Morgan fingerprint density at radius 2 is 1.76 bits per heavy atom. The van der Waals surface area contributed by atoms with Crippen molar-refractivity contribution in [2.75, 3.05) is 13.1 Å². The van der Waals surface area contributed by atoms with E-state index in [0.717, 1.165) is 19.9 Å². The van der Waals surface area contributed by atoms with E-state index in [9.17, 15) is 13.2 Å². The lowest BCUT2D eigenvalue weighted by Gasteiger charge is -2.24. The van der Waals surface area contributed by atoms with Crippen LogP contribution in [0, 0.1) is 0 Å². The molecule has 3 aromatic carbocycles. The standard InChI is InChI=1S/C24H23BrCl2N2O3S/c1-17(19-8-5-9-20(25)14-19)28-24(30)16-29(13-12-18-6-3-2-4-7-18)33(31,32)23-15-21(26)10-11-22(23)27/h2-11,14-15,17H,12-13,16H2,1H3,(H,28,30)/t17-/m0/s1. The van der Waals surface area contributed by atoms with E-state index in [2.05, 4.69) is 21.2 Å². The van der Waals surface area contributed by atoms with Gasteiger partial charge in [-0.2, -0.15) is 4.31 Å². The minimum absolute atomic E-state index is 0.0482. The number of hydrogen-bond donors (Lipinski definition) is 1. The Morgan fingerprint density at radius 3 is 2.45 bits per heavy atom. The first-order valence-electron chi connectivity index (χ1n) is 10.2. The molecule has 0 bridgehead atoms. The molecular formula is C24H23BrCl2N2O3S.